The number of para-hydroxylation sites is 1. The number of Topliss-reactive ketones (excluding diaryl/α,β-unsaturated/α-hetero) is 1. The van der Waals surface area contributed by atoms with Crippen LogP contribution in [0.2, 0.25) is 0 Å². The van der Waals surface area contributed by atoms with Crippen LogP contribution in [0.4, 0.5) is 0 Å². The van der Waals surface area contributed by atoms with E-state index in [1.165, 1.54) is 11.8 Å². The van der Waals surface area contributed by atoms with E-state index in [2.05, 4.69) is 10.2 Å². The van der Waals surface area contributed by atoms with Crippen molar-refractivity contribution in [1.29, 1.82) is 0 Å². The maximum Gasteiger partial charge on any atom is 0.316 e. The Balaban J connectivity index is 1.24. The van der Waals surface area contributed by atoms with Gasteiger partial charge in [-0.2, -0.15) is 0 Å². The summed E-state index contributed by atoms with van der Waals surface area (Å²) in [5.74, 6) is 0.913. The van der Waals surface area contributed by atoms with Crippen molar-refractivity contribution in [2.75, 3.05) is 25.6 Å². The summed E-state index contributed by atoms with van der Waals surface area (Å²) in [4.78, 5) is 24.9. The highest BCUT2D eigenvalue weighted by molar-refractivity contribution is 7.99. The predicted octanol–water partition coefficient (Wildman–Crippen LogP) is 4.22. The van der Waals surface area contributed by atoms with Gasteiger partial charge < -0.3 is 14.2 Å². The lowest BCUT2D eigenvalue weighted by Crippen LogP contribution is -2.18. The van der Waals surface area contributed by atoms with E-state index in [9.17, 15) is 9.59 Å². The molecule has 9 heteroatoms. The molecule has 0 aliphatic carbocycles. The molecule has 1 aliphatic heterocycles. The van der Waals surface area contributed by atoms with Gasteiger partial charge in [-0.05, 0) is 30.3 Å². The number of nitrogens with zero attached hydrogens (tertiary/aromatic N) is 3. The van der Waals surface area contributed by atoms with E-state index < -0.39 is 5.97 Å². The Bertz CT molecular complexity index is 1340. The molecule has 5 rings (SSSR count). The van der Waals surface area contributed by atoms with E-state index >= 15 is 0 Å². The maximum absolute atomic E-state index is 12.5. The van der Waals surface area contributed by atoms with Crippen LogP contribution in [-0.2, 0) is 9.53 Å². The minimum Gasteiger partial charge on any atom is -0.486 e. The van der Waals surface area contributed by atoms with Gasteiger partial charge in [-0.3, -0.25) is 14.2 Å². The van der Waals surface area contributed by atoms with Crippen LogP contribution in [0.25, 0.3) is 17.1 Å². The molecular formula is C26H21N3O5S. The van der Waals surface area contributed by atoms with Crippen molar-refractivity contribution in [2.45, 2.75) is 5.16 Å². The molecule has 0 saturated heterocycles. The van der Waals surface area contributed by atoms with E-state index in [1.54, 1.807) is 18.2 Å². The molecule has 176 valence electrons. The Morgan fingerprint density at radius 1 is 0.886 bits per heavy atom. The molecule has 0 amide bonds. The number of thioether (sulfide) groups is 1. The van der Waals surface area contributed by atoms with Crippen LogP contribution in [-0.4, -0.2) is 52.1 Å². The molecular weight excluding hydrogens is 466 g/mol. The normalized spacial score (nSPS) is 12.2. The number of carbonyl (C=O) groups excluding carboxylic acids is 2. The molecule has 3 aromatic carbocycles. The van der Waals surface area contributed by atoms with Crippen molar-refractivity contribution in [3.8, 4) is 28.6 Å². The summed E-state index contributed by atoms with van der Waals surface area (Å²) in [6, 6.07) is 24.3. The Morgan fingerprint density at radius 3 is 2.37 bits per heavy atom. The van der Waals surface area contributed by atoms with Crippen LogP contribution in [0.3, 0.4) is 0 Å². The number of carbonyl (C=O) groups is 2. The largest absolute Gasteiger partial charge is 0.486 e. The van der Waals surface area contributed by atoms with Gasteiger partial charge in [0, 0.05) is 16.8 Å². The molecule has 0 saturated carbocycles. The zero-order chi connectivity index (χ0) is 24.0. The minimum atomic E-state index is -0.523. The predicted molar refractivity (Wildman–Crippen MR) is 130 cm³/mol. The molecule has 0 fully saturated rings. The first kappa shape index (κ1) is 22.7. The van der Waals surface area contributed by atoms with E-state index in [1.807, 2.05) is 65.2 Å². The molecule has 35 heavy (non-hydrogen) atoms. The van der Waals surface area contributed by atoms with Crippen molar-refractivity contribution in [1.82, 2.24) is 14.8 Å². The van der Waals surface area contributed by atoms with Gasteiger partial charge in [0.05, 0.1) is 5.75 Å². The summed E-state index contributed by atoms with van der Waals surface area (Å²) in [6.45, 7) is 0.538. The molecule has 8 nitrogen and oxygen atoms in total. The lowest BCUT2D eigenvalue weighted by atomic mass is 10.1. The summed E-state index contributed by atoms with van der Waals surface area (Å²) in [5.41, 5.74) is 2.18. The Kier molecular flexibility index (Phi) is 6.76. The molecule has 1 aliphatic rings. The van der Waals surface area contributed by atoms with Crippen LogP contribution in [0, 0.1) is 0 Å². The van der Waals surface area contributed by atoms with Crippen molar-refractivity contribution in [2.24, 2.45) is 0 Å². The van der Waals surface area contributed by atoms with Crippen LogP contribution in [0.15, 0.2) is 84.0 Å². The highest BCUT2D eigenvalue weighted by atomic mass is 32.2. The first-order chi connectivity index (χ1) is 17.2. The third-order valence-corrected chi connectivity index (χ3v) is 6.13. The minimum absolute atomic E-state index is 0.0197. The summed E-state index contributed by atoms with van der Waals surface area (Å²) >= 11 is 1.20. The van der Waals surface area contributed by atoms with Crippen LogP contribution in [0.1, 0.15) is 10.4 Å². The van der Waals surface area contributed by atoms with Gasteiger partial charge in [-0.1, -0.05) is 60.3 Å². The monoisotopic (exact) mass is 487 g/mol. The van der Waals surface area contributed by atoms with Gasteiger partial charge in [0.1, 0.15) is 13.2 Å². The topological polar surface area (TPSA) is 92.5 Å². The van der Waals surface area contributed by atoms with Gasteiger partial charge >= 0.3 is 5.97 Å². The molecule has 0 unspecified atom stereocenters. The summed E-state index contributed by atoms with van der Waals surface area (Å²) in [5, 5.41) is 9.20. The quantitative estimate of drug-likeness (QED) is 0.207. The number of rotatable bonds is 8. The number of fused-ring (bicyclic) bond motifs is 1. The molecule has 2 heterocycles. The fraction of sp³-hybridized carbons (Fsp3) is 0.154. The third-order valence-electron chi connectivity index (χ3n) is 5.23. The number of hydrogen-bond donors (Lipinski definition) is 0. The fourth-order valence-corrected chi connectivity index (χ4v) is 4.31. The van der Waals surface area contributed by atoms with E-state index in [0.29, 0.717) is 41.3 Å². The molecule has 0 N–H and O–H groups in total. The van der Waals surface area contributed by atoms with Crippen LogP contribution >= 0.6 is 11.8 Å². The van der Waals surface area contributed by atoms with Gasteiger partial charge in [0.25, 0.3) is 0 Å². The summed E-state index contributed by atoms with van der Waals surface area (Å²) in [6.07, 6.45) is 0. The Hall–Kier alpha value is -4.11. The van der Waals surface area contributed by atoms with E-state index in [-0.39, 0.29) is 18.1 Å². The van der Waals surface area contributed by atoms with Gasteiger partial charge in [0.15, 0.2) is 34.9 Å². The van der Waals surface area contributed by atoms with Crippen molar-refractivity contribution < 1.29 is 23.8 Å². The van der Waals surface area contributed by atoms with Crippen LogP contribution in [0.5, 0.6) is 11.5 Å². The van der Waals surface area contributed by atoms with E-state index in [4.69, 9.17) is 14.2 Å². The van der Waals surface area contributed by atoms with Crippen LogP contribution < -0.4 is 9.47 Å². The third kappa shape index (κ3) is 5.20. The molecule has 0 atom stereocenters. The first-order valence-corrected chi connectivity index (χ1v) is 11.9. The van der Waals surface area contributed by atoms with Crippen molar-refractivity contribution >= 4 is 23.5 Å². The molecule has 4 aromatic rings. The lowest BCUT2D eigenvalue weighted by molar-refractivity contribution is -0.139. The molecule has 0 spiro atoms. The van der Waals surface area contributed by atoms with E-state index in [0.717, 1.165) is 11.3 Å². The second kappa shape index (κ2) is 10.4. The number of hydrogen-bond acceptors (Lipinski definition) is 8. The van der Waals surface area contributed by atoms with Crippen molar-refractivity contribution in [3.63, 3.8) is 0 Å². The van der Waals surface area contributed by atoms with Gasteiger partial charge in [-0.25, -0.2) is 0 Å². The second-order valence-corrected chi connectivity index (χ2v) is 8.52. The second-order valence-electron chi connectivity index (χ2n) is 7.57. The standard InChI is InChI=1S/C26H21N3O5S/c30-21(19-11-12-22-23(15-19)33-14-13-32-22)16-34-24(31)17-35-26-28-27-25(18-7-3-1-4-8-18)29(26)20-9-5-2-6-10-20/h1-12,15H,13-14,16-17H2. The fourth-order valence-electron chi connectivity index (χ4n) is 3.56. The number of aromatic nitrogens is 3. The Labute approximate surface area is 205 Å². The lowest BCUT2D eigenvalue weighted by Gasteiger charge is -2.18. The molecule has 0 bridgehead atoms. The Morgan fingerprint density at radius 2 is 1.60 bits per heavy atom. The number of ketones is 1. The summed E-state index contributed by atoms with van der Waals surface area (Å²) in [7, 11) is 0. The number of esters is 1. The smallest absolute Gasteiger partial charge is 0.316 e. The average molecular weight is 488 g/mol. The molecule has 0 radical (unpaired) electrons. The van der Waals surface area contributed by atoms with Gasteiger partial charge in [-0.15, -0.1) is 10.2 Å². The number of ether oxygens (including phenoxy) is 3. The summed E-state index contributed by atoms with van der Waals surface area (Å²) < 4.78 is 18.1. The number of benzene rings is 3. The maximum atomic E-state index is 12.5. The average Bonchev–Trinajstić information content (AvgIpc) is 3.35. The zero-order valence-corrected chi connectivity index (χ0v) is 19.4. The SMILES string of the molecule is O=C(CSc1nnc(-c2ccccc2)n1-c1ccccc1)OCC(=O)c1ccc2c(c1)OCCO2. The molecule has 1 aromatic heterocycles. The van der Waals surface area contributed by atoms with Crippen molar-refractivity contribution in [3.05, 3.63) is 84.4 Å². The first-order valence-electron chi connectivity index (χ1n) is 11.0. The highest BCUT2D eigenvalue weighted by Crippen LogP contribution is 2.31. The zero-order valence-electron chi connectivity index (χ0n) is 18.6. The highest BCUT2D eigenvalue weighted by Gasteiger charge is 2.19. The van der Waals surface area contributed by atoms with Gasteiger partial charge in [0.2, 0.25) is 0 Å².